The summed E-state index contributed by atoms with van der Waals surface area (Å²) >= 11 is 4.91. The second kappa shape index (κ2) is 7.24. The number of hydrogen-bond donors (Lipinski definition) is 1. The first-order chi connectivity index (χ1) is 10.1. The summed E-state index contributed by atoms with van der Waals surface area (Å²) in [4.78, 5) is 2.60. The summed E-state index contributed by atoms with van der Waals surface area (Å²) in [7, 11) is 2.06. The maximum atomic E-state index is 5.71. The molecule has 0 fully saturated rings. The van der Waals surface area contributed by atoms with Gasteiger partial charge in [0.05, 0.1) is 6.26 Å². The van der Waals surface area contributed by atoms with Crippen molar-refractivity contribution in [3.05, 3.63) is 53.5 Å². The lowest BCUT2D eigenvalue weighted by Gasteiger charge is -2.16. The molecule has 0 aliphatic heterocycles. The van der Waals surface area contributed by atoms with Gasteiger partial charge in [-0.3, -0.25) is 4.90 Å². The molecule has 1 heterocycles. The molecule has 0 atom stereocenters. The van der Waals surface area contributed by atoms with E-state index < -0.39 is 0 Å². The Kier molecular flexibility index (Phi) is 5.36. The van der Waals surface area contributed by atoms with Gasteiger partial charge in [-0.05, 0) is 44.3 Å². The Bertz CT molecular complexity index is 593. The van der Waals surface area contributed by atoms with Crippen LogP contribution in [0.15, 0.2) is 41.0 Å². The monoisotopic (exact) mass is 304 g/mol. The standard InChI is InChI=1S/C16H20N2O2S/c1-12-14(7-9-19-12)11-18(2)8-10-20-15-5-3-13(4-6-15)16(17)21/h3-7,9H,8,10-11H2,1-2H3,(H2,17,21). The van der Waals surface area contributed by atoms with E-state index in [0.29, 0.717) is 11.6 Å². The molecule has 0 bridgehead atoms. The third kappa shape index (κ3) is 4.58. The van der Waals surface area contributed by atoms with Crippen LogP contribution in [0.1, 0.15) is 16.9 Å². The van der Waals surface area contributed by atoms with E-state index >= 15 is 0 Å². The van der Waals surface area contributed by atoms with E-state index in [4.69, 9.17) is 27.1 Å². The molecule has 0 saturated carbocycles. The summed E-state index contributed by atoms with van der Waals surface area (Å²) < 4.78 is 11.0. The van der Waals surface area contributed by atoms with Crippen molar-refractivity contribution in [1.82, 2.24) is 4.90 Å². The lowest BCUT2D eigenvalue weighted by Crippen LogP contribution is -2.24. The van der Waals surface area contributed by atoms with Gasteiger partial charge >= 0.3 is 0 Å². The Balaban J connectivity index is 1.76. The Morgan fingerprint density at radius 3 is 2.57 bits per heavy atom. The van der Waals surface area contributed by atoms with Crippen LogP contribution in [0, 0.1) is 6.92 Å². The van der Waals surface area contributed by atoms with Crippen molar-refractivity contribution in [2.24, 2.45) is 5.73 Å². The highest BCUT2D eigenvalue weighted by molar-refractivity contribution is 7.80. The van der Waals surface area contributed by atoms with E-state index in [9.17, 15) is 0 Å². The number of benzene rings is 1. The molecule has 21 heavy (non-hydrogen) atoms. The normalized spacial score (nSPS) is 10.8. The molecule has 0 aliphatic carbocycles. The van der Waals surface area contributed by atoms with Crippen molar-refractivity contribution in [2.45, 2.75) is 13.5 Å². The maximum Gasteiger partial charge on any atom is 0.119 e. The number of rotatable bonds is 7. The minimum Gasteiger partial charge on any atom is -0.492 e. The van der Waals surface area contributed by atoms with Gasteiger partial charge in [-0.25, -0.2) is 0 Å². The minimum atomic E-state index is 0.400. The number of hydrogen-bond acceptors (Lipinski definition) is 4. The summed E-state index contributed by atoms with van der Waals surface area (Å²) in [6.45, 7) is 4.29. The van der Waals surface area contributed by atoms with Crippen molar-refractivity contribution < 1.29 is 9.15 Å². The first-order valence-corrected chi connectivity index (χ1v) is 7.21. The molecule has 2 rings (SSSR count). The van der Waals surface area contributed by atoms with Gasteiger partial charge in [0.15, 0.2) is 0 Å². The zero-order valence-electron chi connectivity index (χ0n) is 12.3. The van der Waals surface area contributed by atoms with Crippen LogP contribution < -0.4 is 10.5 Å². The number of furan rings is 1. The average Bonchev–Trinajstić information content (AvgIpc) is 2.85. The van der Waals surface area contributed by atoms with E-state index in [-0.39, 0.29) is 0 Å². The quantitative estimate of drug-likeness (QED) is 0.797. The van der Waals surface area contributed by atoms with Gasteiger partial charge < -0.3 is 14.9 Å². The Morgan fingerprint density at radius 1 is 1.29 bits per heavy atom. The molecule has 5 heteroatoms. The van der Waals surface area contributed by atoms with Crippen LogP contribution in [0.4, 0.5) is 0 Å². The molecule has 2 N–H and O–H groups in total. The third-order valence-corrected chi connectivity index (χ3v) is 3.52. The molecule has 0 unspecified atom stereocenters. The fourth-order valence-electron chi connectivity index (χ4n) is 1.98. The van der Waals surface area contributed by atoms with Crippen LogP contribution in [0.5, 0.6) is 5.75 Å². The van der Waals surface area contributed by atoms with Gasteiger partial charge in [0.1, 0.15) is 23.1 Å². The number of thiocarbonyl (C=S) groups is 1. The number of nitrogens with zero attached hydrogens (tertiary/aromatic N) is 1. The highest BCUT2D eigenvalue weighted by atomic mass is 32.1. The van der Waals surface area contributed by atoms with Gasteiger partial charge in [0.2, 0.25) is 0 Å². The molecule has 0 radical (unpaired) electrons. The topological polar surface area (TPSA) is 51.6 Å². The highest BCUT2D eigenvalue weighted by Gasteiger charge is 2.05. The molecular formula is C16H20N2O2S. The number of ether oxygens (including phenoxy) is 1. The van der Waals surface area contributed by atoms with Crippen LogP contribution in [-0.4, -0.2) is 30.1 Å². The predicted octanol–water partition coefficient (Wildman–Crippen LogP) is 2.73. The van der Waals surface area contributed by atoms with Crippen molar-refractivity contribution in [3.8, 4) is 5.75 Å². The van der Waals surface area contributed by atoms with Gasteiger partial charge in [-0.1, -0.05) is 12.2 Å². The SMILES string of the molecule is Cc1occc1CN(C)CCOc1ccc(C(N)=S)cc1. The summed E-state index contributed by atoms with van der Waals surface area (Å²) in [6.07, 6.45) is 1.72. The Morgan fingerprint density at radius 2 is 2.00 bits per heavy atom. The first-order valence-electron chi connectivity index (χ1n) is 6.80. The van der Waals surface area contributed by atoms with E-state index in [1.807, 2.05) is 37.3 Å². The summed E-state index contributed by atoms with van der Waals surface area (Å²) in [5.74, 6) is 1.79. The lowest BCUT2D eigenvalue weighted by atomic mass is 10.2. The summed E-state index contributed by atoms with van der Waals surface area (Å²) in [5, 5.41) is 0. The number of nitrogens with two attached hydrogens (primary N) is 1. The van der Waals surface area contributed by atoms with Crippen LogP contribution in [0.3, 0.4) is 0 Å². The molecule has 0 amide bonds. The van der Waals surface area contributed by atoms with Crippen molar-refractivity contribution >= 4 is 17.2 Å². The van der Waals surface area contributed by atoms with Crippen LogP contribution in [-0.2, 0) is 6.54 Å². The maximum absolute atomic E-state index is 5.71. The van der Waals surface area contributed by atoms with Crippen molar-refractivity contribution in [1.29, 1.82) is 0 Å². The molecule has 0 aliphatic rings. The zero-order chi connectivity index (χ0) is 15.2. The second-order valence-electron chi connectivity index (χ2n) is 4.98. The van der Waals surface area contributed by atoms with Gasteiger partial charge in [0.25, 0.3) is 0 Å². The molecule has 1 aromatic carbocycles. The molecule has 2 aromatic rings. The number of aryl methyl sites for hydroxylation is 1. The molecule has 0 saturated heterocycles. The molecular weight excluding hydrogens is 284 g/mol. The minimum absolute atomic E-state index is 0.400. The van der Waals surface area contributed by atoms with Gasteiger partial charge in [-0.15, -0.1) is 0 Å². The largest absolute Gasteiger partial charge is 0.492 e. The average molecular weight is 304 g/mol. The lowest BCUT2D eigenvalue weighted by molar-refractivity contribution is 0.232. The van der Waals surface area contributed by atoms with E-state index in [2.05, 4.69) is 11.9 Å². The molecule has 0 spiro atoms. The molecule has 1 aromatic heterocycles. The molecule has 112 valence electrons. The highest BCUT2D eigenvalue weighted by Crippen LogP contribution is 2.13. The van der Waals surface area contributed by atoms with Crippen molar-refractivity contribution in [2.75, 3.05) is 20.2 Å². The second-order valence-corrected chi connectivity index (χ2v) is 5.42. The van der Waals surface area contributed by atoms with Crippen LogP contribution >= 0.6 is 12.2 Å². The summed E-state index contributed by atoms with van der Waals surface area (Å²) in [5.41, 5.74) is 7.62. The fraction of sp³-hybridized carbons (Fsp3) is 0.312. The number of likely N-dealkylation sites (N-methyl/N-ethyl adjacent to an activating group) is 1. The fourth-order valence-corrected chi connectivity index (χ4v) is 2.12. The smallest absolute Gasteiger partial charge is 0.119 e. The third-order valence-electron chi connectivity index (χ3n) is 3.29. The van der Waals surface area contributed by atoms with Crippen LogP contribution in [0.2, 0.25) is 0 Å². The van der Waals surface area contributed by atoms with E-state index in [1.165, 1.54) is 5.56 Å². The summed E-state index contributed by atoms with van der Waals surface area (Å²) in [6, 6.07) is 9.51. The van der Waals surface area contributed by atoms with Crippen molar-refractivity contribution in [3.63, 3.8) is 0 Å². The van der Waals surface area contributed by atoms with Gasteiger partial charge in [0, 0.05) is 24.2 Å². The van der Waals surface area contributed by atoms with E-state index in [1.54, 1.807) is 6.26 Å². The van der Waals surface area contributed by atoms with Gasteiger partial charge in [-0.2, -0.15) is 0 Å². The van der Waals surface area contributed by atoms with E-state index in [0.717, 1.165) is 30.2 Å². The predicted molar refractivity (Wildman–Crippen MR) is 87.6 cm³/mol. The Labute approximate surface area is 130 Å². The Hall–Kier alpha value is -1.85. The van der Waals surface area contributed by atoms with Crippen LogP contribution in [0.25, 0.3) is 0 Å². The zero-order valence-corrected chi connectivity index (χ0v) is 13.2. The molecule has 4 nitrogen and oxygen atoms in total. The first kappa shape index (κ1) is 15.5.